The molecule has 1 aromatic rings. The molecular formula is C15H19NO3. The minimum Gasteiger partial charge on any atom is -0.493 e. The maximum Gasteiger partial charge on any atom is 0.244 e. The van der Waals surface area contributed by atoms with Crippen molar-refractivity contribution in [3.05, 3.63) is 35.9 Å². The molecular weight excluding hydrogens is 242 g/mol. The Morgan fingerprint density at radius 1 is 1.26 bits per heavy atom. The highest BCUT2D eigenvalue weighted by atomic mass is 16.5. The van der Waals surface area contributed by atoms with E-state index in [1.54, 1.807) is 26.4 Å². The van der Waals surface area contributed by atoms with E-state index in [1.807, 2.05) is 25.1 Å². The van der Waals surface area contributed by atoms with Crippen molar-refractivity contribution < 1.29 is 14.3 Å². The molecule has 19 heavy (non-hydrogen) atoms. The van der Waals surface area contributed by atoms with Gasteiger partial charge in [-0.25, -0.2) is 0 Å². The topological polar surface area (TPSA) is 47.6 Å². The summed E-state index contributed by atoms with van der Waals surface area (Å²) in [5, 5.41) is 3.05. The van der Waals surface area contributed by atoms with Crippen LogP contribution in [-0.2, 0) is 10.3 Å². The molecule has 1 amide bonds. The number of hydrogen-bond acceptors (Lipinski definition) is 3. The van der Waals surface area contributed by atoms with Crippen LogP contribution < -0.4 is 14.8 Å². The van der Waals surface area contributed by atoms with Gasteiger partial charge in [-0.2, -0.15) is 0 Å². The number of carbonyl (C=O) groups excluding carboxylic acids is 1. The third kappa shape index (κ3) is 2.72. The standard InChI is InChI=1S/C15H19NO3/c1-4-5-14(17)16-15(8-9-15)11-6-7-12(18-2)13(10-11)19-3/h4-7,10H,8-9H2,1-3H3,(H,16,17)/b5-4+. The fourth-order valence-corrected chi connectivity index (χ4v) is 2.17. The highest BCUT2D eigenvalue weighted by Gasteiger charge is 2.45. The van der Waals surface area contributed by atoms with E-state index in [0.29, 0.717) is 11.5 Å². The van der Waals surface area contributed by atoms with Crippen molar-refractivity contribution in [1.29, 1.82) is 0 Å². The predicted molar refractivity (Wildman–Crippen MR) is 73.4 cm³/mol. The fraction of sp³-hybridized carbons (Fsp3) is 0.400. The highest BCUT2D eigenvalue weighted by molar-refractivity contribution is 5.88. The van der Waals surface area contributed by atoms with Gasteiger partial charge in [0.15, 0.2) is 11.5 Å². The Kier molecular flexibility index (Phi) is 3.79. The van der Waals surface area contributed by atoms with Crippen LogP contribution in [0, 0.1) is 0 Å². The zero-order valence-corrected chi connectivity index (χ0v) is 11.5. The van der Waals surface area contributed by atoms with Crippen molar-refractivity contribution in [2.45, 2.75) is 25.3 Å². The zero-order valence-electron chi connectivity index (χ0n) is 11.5. The van der Waals surface area contributed by atoms with Crippen molar-refractivity contribution in [1.82, 2.24) is 5.32 Å². The first-order valence-electron chi connectivity index (χ1n) is 6.32. The second-order valence-electron chi connectivity index (χ2n) is 4.64. The van der Waals surface area contributed by atoms with Gasteiger partial charge in [-0.3, -0.25) is 4.79 Å². The van der Waals surface area contributed by atoms with Gasteiger partial charge in [-0.15, -0.1) is 0 Å². The van der Waals surface area contributed by atoms with E-state index in [2.05, 4.69) is 5.32 Å². The highest BCUT2D eigenvalue weighted by Crippen LogP contribution is 2.47. The molecule has 0 atom stereocenters. The molecule has 0 aliphatic heterocycles. The van der Waals surface area contributed by atoms with Crippen LogP contribution in [0.2, 0.25) is 0 Å². The lowest BCUT2D eigenvalue weighted by atomic mass is 10.0. The Balaban J connectivity index is 2.24. The Bertz CT molecular complexity index is 504. The maximum atomic E-state index is 11.7. The molecule has 0 saturated heterocycles. The number of methoxy groups -OCH3 is 2. The average molecular weight is 261 g/mol. The lowest BCUT2D eigenvalue weighted by molar-refractivity contribution is -0.117. The number of rotatable bonds is 5. The Morgan fingerprint density at radius 2 is 1.95 bits per heavy atom. The molecule has 0 radical (unpaired) electrons. The first kappa shape index (κ1) is 13.5. The number of carbonyl (C=O) groups is 1. The van der Waals surface area contributed by atoms with Crippen LogP contribution in [0.1, 0.15) is 25.3 Å². The summed E-state index contributed by atoms with van der Waals surface area (Å²) in [4.78, 5) is 11.7. The summed E-state index contributed by atoms with van der Waals surface area (Å²) in [6, 6.07) is 5.78. The van der Waals surface area contributed by atoms with Gasteiger partial charge in [0, 0.05) is 0 Å². The Morgan fingerprint density at radius 3 is 2.47 bits per heavy atom. The van der Waals surface area contributed by atoms with Gasteiger partial charge in [0.2, 0.25) is 5.91 Å². The molecule has 102 valence electrons. The minimum atomic E-state index is -0.240. The number of benzene rings is 1. The molecule has 1 aromatic carbocycles. The van der Waals surface area contributed by atoms with Crippen molar-refractivity contribution in [2.24, 2.45) is 0 Å². The number of hydrogen-bond donors (Lipinski definition) is 1. The lowest BCUT2D eigenvalue weighted by Crippen LogP contribution is -2.33. The third-order valence-corrected chi connectivity index (χ3v) is 3.37. The Hall–Kier alpha value is -1.97. The quantitative estimate of drug-likeness (QED) is 0.828. The monoisotopic (exact) mass is 261 g/mol. The van der Waals surface area contributed by atoms with E-state index in [1.165, 1.54) is 0 Å². The average Bonchev–Trinajstić information content (AvgIpc) is 3.19. The summed E-state index contributed by atoms with van der Waals surface area (Å²) in [7, 11) is 3.22. The van der Waals surface area contributed by atoms with Gasteiger partial charge in [0.25, 0.3) is 0 Å². The molecule has 2 rings (SSSR count). The SMILES string of the molecule is C/C=C/C(=O)NC1(c2ccc(OC)c(OC)c2)CC1. The molecule has 0 bridgehead atoms. The van der Waals surface area contributed by atoms with Crippen LogP contribution in [0.3, 0.4) is 0 Å². The normalized spacial score (nSPS) is 16.2. The maximum absolute atomic E-state index is 11.7. The largest absolute Gasteiger partial charge is 0.493 e. The van der Waals surface area contributed by atoms with Crippen LogP contribution in [-0.4, -0.2) is 20.1 Å². The number of nitrogens with one attached hydrogen (secondary N) is 1. The van der Waals surface area contributed by atoms with Gasteiger partial charge in [-0.05, 0) is 43.5 Å². The second kappa shape index (κ2) is 5.34. The molecule has 0 heterocycles. The van der Waals surface area contributed by atoms with E-state index < -0.39 is 0 Å². The van der Waals surface area contributed by atoms with E-state index in [4.69, 9.17) is 9.47 Å². The van der Waals surface area contributed by atoms with Crippen molar-refractivity contribution in [2.75, 3.05) is 14.2 Å². The molecule has 1 aliphatic rings. The molecule has 0 aromatic heterocycles. The van der Waals surface area contributed by atoms with E-state index in [0.717, 1.165) is 18.4 Å². The first-order chi connectivity index (χ1) is 9.15. The minimum absolute atomic E-state index is 0.0604. The molecule has 0 unspecified atom stereocenters. The second-order valence-corrected chi connectivity index (χ2v) is 4.64. The van der Waals surface area contributed by atoms with Gasteiger partial charge in [0.1, 0.15) is 0 Å². The van der Waals surface area contributed by atoms with E-state index in [-0.39, 0.29) is 11.4 Å². The van der Waals surface area contributed by atoms with Crippen LogP contribution in [0.5, 0.6) is 11.5 Å². The van der Waals surface area contributed by atoms with Crippen molar-refractivity contribution >= 4 is 5.91 Å². The number of ether oxygens (including phenoxy) is 2. The predicted octanol–water partition coefficient (Wildman–Crippen LogP) is 2.39. The van der Waals surface area contributed by atoms with Gasteiger partial charge in [0.05, 0.1) is 19.8 Å². The molecule has 1 fully saturated rings. The molecule has 4 heteroatoms. The third-order valence-electron chi connectivity index (χ3n) is 3.37. The zero-order chi connectivity index (χ0) is 13.9. The van der Waals surface area contributed by atoms with Gasteiger partial charge < -0.3 is 14.8 Å². The smallest absolute Gasteiger partial charge is 0.244 e. The number of amides is 1. The lowest BCUT2D eigenvalue weighted by Gasteiger charge is -2.18. The molecule has 1 aliphatic carbocycles. The first-order valence-corrected chi connectivity index (χ1v) is 6.32. The molecule has 1 saturated carbocycles. The molecule has 0 spiro atoms. The van der Waals surface area contributed by atoms with Crippen LogP contribution in [0.4, 0.5) is 0 Å². The van der Waals surface area contributed by atoms with Crippen molar-refractivity contribution in [3.8, 4) is 11.5 Å². The van der Waals surface area contributed by atoms with Crippen LogP contribution in [0.25, 0.3) is 0 Å². The number of allylic oxidation sites excluding steroid dienone is 1. The summed E-state index contributed by atoms with van der Waals surface area (Å²) in [5.74, 6) is 1.32. The van der Waals surface area contributed by atoms with Crippen LogP contribution >= 0.6 is 0 Å². The van der Waals surface area contributed by atoms with Gasteiger partial charge in [-0.1, -0.05) is 12.1 Å². The van der Waals surface area contributed by atoms with E-state index in [9.17, 15) is 4.79 Å². The summed E-state index contributed by atoms with van der Waals surface area (Å²) in [5.41, 5.74) is 0.818. The van der Waals surface area contributed by atoms with Gasteiger partial charge >= 0.3 is 0 Å². The Labute approximate surface area is 113 Å². The summed E-state index contributed by atoms with van der Waals surface area (Å²) < 4.78 is 10.5. The summed E-state index contributed by atoms with van der Waals surface area (Å²) in [6.45, 7) is 1.83. The summed E-state index contributed by atoms with van der Waals surface area (Å²) in [6.07, 6.45) is 5.18. The fourth-order valence-electron chi connectivity index (χ4n) is 2.17. The van der Waals surface area contributed by atoms with Crippen molar-refractivity contribution in [3.63, 3.8) is 0 Å². The molecule has 1 N–H and O–H groups in total. The molecule has 4 nitrogen and oxygen atoms in total. The summed E-state index contributed by atoms with van der Waals surface area (Å²) >= 11 is 0. The van der Waals surface area contributed by atoms with E-state index >= 15 is 0 Å². The van der Waals surface area contributed by atoms with Crippen LogP contribution in [0.15, 0.2) is 30.4 Å².